The Morgan fingerprint density at radius 3 is 2.31 bits per heavy atom. The molecule has 0 spiro atoms. The van der Waals surface area contributed by atoms with Crippen molar-refractivity contribution in [1.29, 1.82) is 0 Å². The average molecular weight is 513 g/mol. The van der Waals surface area contributed by atoms with Crippen molar-refractivity contribution in [3.63, 3.8) is 0 Å². The molecule has 2 amide bonds. The second kappa shape index (κ2) is 11.2. The first kappa shape index (κ1) is 24.4. The van der Waals surface area contributed by atoms with Gasteiger partial charge in [-0.15, -0.1) is 0 Å². The van der Waals surface area contributed by atoms with Gasteiger partial charge >= 0.3 is 0 Å². The van der Waals surface area contributed by atoms with Gasteiger partial charge in [-0.3, -0.25) is 15.0 Å². The number of rotatable bonds is 9. The molecular weight excluding hydrogens is 491 g/mol. The zero-order valence-electron chi connectivity index (χ0n) is 18.8. The van der Waals surface area contributed by atoms with Crippen LogP contribution in [0.4, 0.5) is 5.69 Å². The highest BCUT2D eigenvalue weighted by Gasteiger charge is 2.34. The van der Waals surface area contributed by atoms with Crippen molar-refractivity contribution in [2.45, 2.75) is 6.92 Å². The molecule has 7 nitrogen and oxygen atoms in total. The minimum Gasteiger partial charge on any atom is -0.490 e. The third-order valence-corrected chi connectivity index (χ3v) is 5.57. The Morgan fingerprint density at radius 1 is 0.857 bits per heavy atom. The summed E-state index contributed by atoms with van der Waals surface area (Å²) in [5, 5.41) is 1.98. The third-order valence-electron chi connectivity index (χ3n) is 4.97. The number of anilines is 1. The van der Waals surface area contributed by atoms with Crippen molar-refractivity contribution >= 4 is 46.8 Å². The van der Waals surface area contributed by atoms with E-state index in [2.05, 4.69) is 5.43 Å². The Balaban J connectivity index is 1.50. The summed E-state index contributed by atoms with van der Waals surface area (Å²) >= 11 is 12.6. The molecule has 1 saturated heterocycles. The van der Waals surface area contributed by atoms with E-state index in [1.165, 1.54) is 11.1 Å². The van der Waals surface area contributed by atoms with Crippen LogP contribution in [0.25, 0.3) is 6.08 Å². The fourth-order valence-electron chi connectivity index (χ4n) is 3.41. The molecule has 0 unspecified atom stereocenters. The van der Waals surface area contributed by atoms with Gasteiger partial charge in [0.15, 0.2) is 11.5 Å². The number of ether oxygens (including phenoxy) is 3. The molecule has 0 radical (unpaired) electrons. The van der Waals surface area contributed by atoms with E-state index in [9.17, 15) is 9.59 Å². The lowest BCUT2D eigenvalue weighted by Crippen LogP contribution is -2.35. The van der Waals surface area contributed by atoms with E-state index >= 15 is 0 Å². The number of para-hydroxylation sites is 2. The standard InChI is InChI=1S/C26H22Cl2N2O5/c1-2-33-23-16-17(14-19-25(31)29-30(26(19)32)18-8-4-3-5-9-18)15-21(28)24(23)35-13-12-34-22-11-7-6-10-20(22)27/h3-11,14-16H,2,12-13H2,1H3,(H,29,31)/b19-14-. The number of benzene rings is 3. The maximum Gasteiger partial charge on any atom is 0.282 e. The molecule has 0 saturated carbocycles. The number of carbonyl (C=O) groups excluding carboxylic acids is 2. The fraction of sp³-hybridized carbons (Fsp3) is 0.154. The van der Waals surface area contributed by atoms with Gasteiger partial charge < -0.3 is 14.2 Å². The molecule has 0 aromatic heterocycles. The summed E-state index contributed by atoms with van der Waals surface area (Å²) in [4.78, 5) is 25.4. The predicted molar refractivity (Wildman–Crippen MR) is 135 cm³/mol. The molecule has 0 aliphatic carbocycles. The lowest BCUT2D eigenvalue weighted by molar-refractivity contribution is -0.117. The van der Waals surface area contributed by atoms with E-state index in [0.29, 0.717) is 40.1 Å². The van der Waals surface area contributed by atoms with Gasteiger partial charge in [-0.1, -0.05) is 53.5 Å². The van der Waals surface area contributed by atoms with Gasteiger partial charge in [0.25, 0.3) is 11.8 Å². The van der Waals surface area contributed by atoms with Gasteiger partial charge in [-0.05, 0) is 55.0 Å². The number of hydrazine groups is 1. The summed E-state index contributed by atoms with van der Waals surface area (Å²) in [6.07, 6.45) is 1.47. The quantitative estimate of drug-likeness (QED) is 0.238. The molecule has 35 heavy (non-hydrogen) atoms. The van der Waals surface area contributed by atoms with Gasteiger partial charge in [0.05, 0.1) is 22.3 Å². The molecule has 3 aromatic rings. The van der Waals surface area contributed by atoms with Crippen LogP contribution in [0.15, 0.2) is 72.3 Å². The van der Waals surface area contributed by atoms with Crippen LogP contribution in [0.5, 0.6) is 17.2 Å². The number of nitrogens with one attached hydrogen (secondary N) is 1. The normalized spacial score (nSPS) is 14.3. The predicted octanol–water partition coefficient (Wildman–Crippen LogP) is 5.31. The van der Waals surface area contributed by atoms with Crippen LogP contribution >= 0.6 is 23.2 Å². The molecule has 1 aliphatic heterocycles. The van der Waals surface area contributed by atoms with Crippen LogP contribution in [0.1, 0.15) is 12.5 Å². The maximum absolute atomic E-state index is 12.9. The SMILES string of the molecule is CCOc1cc(/C=C2/C(=O)NN(c3ccccc3)C2=O)cc(Cl)c1OCCOc1ccccc1Cl. The van der Waals surface area contributed by atoms with E-state index in [1.807, 2.05) is 25.1 Å². The van der Waals surface area contributed by atoms with Crippen LogP contribution in [0.3, 0.4) is 0 Å². The highest BCUT2D eigenvalue weighted by atomic mass is 35.5. The second-order valence-corrected chi connectivity index (χ2v) is 8.18. The van der Waals surface area contributed by atoms with E-state index < -0.39 is 11.8 Å². The van der Waals surface area contributed by atoms with Crippen LogP contribution in [-0.2, 0) is 9.59 Å². The molecule has 1 aliphatic rings. The Labute approximate surface area is 212 Å². The minimum atomic E-state index is -0.509. The Kier molecular flexibility index (Phi) is 7.80. The Hall–Kier alpha value is -3.68. The minimum absolute atomic E-state index is 0.0193. The summed E-state index contributed by atoms with van der Waals surface area (Å²) in [7, 11) is 0. The first-order chi connectivity index (χ1) is 17.0. The Bertz CT molecular complexity index is 1260. The van der Waals surface area contributed by atoms with Gasteiger partial charge in [0, 0.05) is 0 Å². The molecule has 1 heterocycles. The van der Waals surface area contributed by atoms with E-state index in [1.54, 1.807) is 48.5 Å². The molecule has 3 aromatic carbocycles. The van der Waals surface area contributed by atoms with Crippen molar-refractivity contribution in [3.05, 3.63) is 87.9 Å². The number of nitrogens with zero attached hydrogens (tertiary/aromatic N) is 1. The first-order valence-corrected chi connectivity index (χ1v) is 11.6. The van der Waals surface area contributed by atoms with E-state index in [0.717, 1.165) is 0 Å². The Morgan fingerprint density at radius 2 is 1.57 bits per heavy atom. The third kappa shape index (κ3) is 5.70. The van der Waals surface area contributed by atoms with Crippen LogP contribution in [0, 0.1) is 0 Å². The topological polar surface area (TPSA) is 77.1 Å². The second-order valence-electron chi connectivity index (χ2n) is 7.37. The largest absolute Gasteiger partial charge is 0.490 e. The zero-order chi connectivity index (χ0) is 24.8. The lowest BCUT2D eigenvalue weighted by Gasteiger charge is -2.15. The zero-order valence-corrected chi connectivity index (χ0v) is 20.3. The number of hydrogen-bond donors (Lipinski definition) is 1. The van der Waals surface area contributed by atoms with Gasteiger partial charge in [-0.2, -0.15) is 0 Å². The monoisotopic (exact) mass is 512 g/mol. The van der Waals surface area contributed by atoms with Crippen molar-refractivity contribution in [2.24, 2.45) is 0 Å². The van der Waals surface area contributed by atoms with Gasteiger partial charge in [0.1, 0.15) is 24.5 Å². The van der Waals surface area contributed by atoms with Crippen molar-refractivity contribution in [1.82, 2.24) is 5.43 Å². The molecule has 4 rings (SSSR count). The van der Waals surface area contributed by atoms with Crippen molar-refractivity contribution in [2.75, 3.05) is 24.8 Å². The van der Waals surface area contributed by atoms with E-state index in [-0.39, 0.29) is 23.8 Å². The summed E-state index contributed by atoms with van der Waals surface area (Å²) in [6, 6.07) is 19.3. The number of halogens is 2. The molecule has 1 N–H and O–H groups in total. The number of hydrogen-bond acceptors (Lipinski definition) is 5. The summed E-state index contributed by atoms with van der Waals surface area (Å²) < 4.78 is 17.2. The lowest BCUT2D eigenvalue weighted by atomic mass is 10.1. The summed E-state index contributed by atoms with van der Waals surface area (Å²) in [5.74, 6) is 0.305. The average Bonchev–Trinajstić information content (AvgIpc) is 3.13. The molecule has 9 heteroatoms. The van der Waals surface area contributed by atoms with Crippen molar-refractivity contribution in [3.8, 4) is 17.2 Å². The first-order valence-electron chi connectivity index (χ1n) is 10.9. The molecule has 0 atom stereocenters. The molecule has 1 fully saturated rings. The molecule has 180 valence electrons. The van der Waals surface area contributed by atoms with Gasteiger partial charge in [0.2, 0.25) is 0 Å². The fourth-order valence-corrected chi connectivity index (χ4v) is 3.88. The van der Waals surface area contributed by atoms with Crippen molar-refractivity contribution < 1.29 is 23.8 Å². The van der Waals surface area contributed by atoms with Crippen LogP contribution < -0.4 is 24.6 Å². The number of carbonyl (C=O) groups is 2. The highest BCUT2D eigenvalue weighted by Crippen LogP contribution is 2.37. The van der Waals surface area contributed by atoms with Crippen LogP contribution in [0.2, 0.25) is 10.0 Å². The van der Waals surface area contributed by atoms with E-state index in [4.69, 9.17) is 37.4 Å². The maximum atomic E-state index is 12.9. The highest BCUT2D eigenvalue weighted by molar-refractivity contribution is 6.33. The van der Waals surface area contributed by atoms with Gasteiger partial charge in [-0.25, -0.2) is 5.01 Å². The molecular formula is C26H22Cl2N2O5. The summed E-state index contributed by atoms with van der Waals surface area (Å²) in [6.45, 7) is 2.62. The molecule has 0 bridgehead atoms. The number of amides is 2. The summed E-state index contributed by atoms with van der Waals surface area (Å²) in [5.41, 5.74) is 3.63. The smallest absolute Gasteiger partial charge is 0.282 e. The van der Waals surface area contributed by atoms with Crippen LogP contribution in [-0.4, -0.2) is 31.6 Å².